The van der Waals surface area contributed by atoms with Gasteiger partial charge in [0.2, 0.25) is 5.91 Å². The van der Waals surface area contributed by atoms with Gasteiger partial charge >= 0.3 is 0 Å². The molecule has 15 heavy (non-hydrogen) atoms. The van der Waals surface area contributed by atoms with Crippen LogP contribution in [0.2, 0.25) is 0 Å². The van der Waals surface area contributed by atoms with E-state index < -0.39 is 0 Å². The summed E-state index contributed by atoms with van der Waals surface area (Å²) < 4.78 is 4.83. The first kappa shape index (κ1) is 11.8. The average molecular weight is 210 g/mol. The summed E-state index contributed by atoms with van der Waals surface area (Å²) in [4.78, 5) is 15.4. The van der Waals surface area contributed by atoms with Gasteiger partial charge in [-0.3, -0.25) is 4.79 Å². The van der Waals surface area contributed by atoms with Crippen molar-refractivity contribution in [2.45, 2.75) is 33.6 Å². The summed E-state index contributed by atoms with van der Waals surface area (Å²) in [5, 5.41) is 2.86. The van der Waals surface area contributed by atoms with E-state index in [1.54, 1.807) is 6.26 Å². The third-order valence-corrected chi connectivity index (χ3v) is 1.88. The number of hydrogen-bond acceptors (Lipinski definition) is 3. The maximum atomic E-state index is 11.4. The van der Waals surface area contributed by atoms with Crippen LogP contribution in [0.4, 0.5) is 0 Å². The molecule has 1 aromatic rings. The second kappa shape index (κ2) is 4.96. The van der Waals surface area contributed by atoms with Gasteiger partial charge in [-0.2, -0.15) is 0 Å². The Hall–Kier alpha value is -1.32. The third-order valence-electron chi connectivity index (χ3n) is 1.88. The molecule has 0 aliphatic rings. The number of aromatic nitrogens is 1. The van der Waals surface area contributed by atoms with Crippen LogP contribution in [0.15, 0.2) is 17.1 Å². The minimum atomic E-state index is 0.0397. The van der Waals surface area contributed by atoms with Crippen LogP contribution in [0.5, 0.6) is 0 Å². The molecule has 4 heteroatoms. The molecule has 0 atom stereocenters. The molecule has 1 rings (SSSR count). The highest BCUT2D eigenvalue weighted by Crippen LogP contribution is 2.17. The second-order valence-corrected chi connectivity index (χ2v) is 4.82. The zero-order valence-corrected chi connectivity index (χ0v) is 9.54. The Morgan fingerprint density at radius 2 is 2.27 bits per heavy atom. The van der Waals surface area contributed by atoms with E-state index in [1.165, 1.54) is 6.39 Å². The fourth-order valence-corrected chi connectivity index (χ4v) is 1.24. The van der Waals surface area contributed by atoms with Gasteiger partial charge in [-0.15, -0.1) is 0 Å². The van der Waals surface area contributed by atoms with E-state index >= 15 is 0 Å². The molecular weight excluding hydrogens is 192 g/mol. The lowest BCUT2D eigenvalue weighted by Crippen LogP contribution is -2.29. The summed E-state index contributed by atoms with van der Waals surface area (Å²) in [5.41, 5.74) is 0.906. The lowest BCUT2D eigenvalue weighted by molar-refractivity contribution is -0.122. The maximum Gasteiger partial charge on any atom is 0.220 e. The molecule has 0 unspecified atom stereocenters. The van der Waals surface area contributed by atoms with Gasteiger partial charge in [-0.1, -0.05) is 20.8 Å². The SMILES string of the molecule is CC(C)(C)CC(=O)NCCc1cocn1. The number of hydrogen-bond donors (Lipinski definition) is 1. The monoisotopic (exact) mass is 210 g/mol. The van der Waals surface area contributed by atoms with Crippen LogP contribution in [0.25, 0.3) is 0 Å². The highest BCUT2D eigenvalue weighted by molar-refractivity contribution is 5.76. The first-order valence-electron chi connectivity index (χ1n) is 5.11. The van der Waals surface area contributed by atoms with Gasteiger partial charge in [0.25, 0.3) is 0 Å². The van der Waals surface area contributed by atoms with Crippen LogP contribution < -0.4 is 5.32 Å². The quantitative estimate of drug-likeness (QED) is 0.824. The van der Waals surface area contributed by atoms with E-state index in [4.69, 9.17) is 4.42 Å². The molecular formula is C11H18N2O2. The second-order valence-electron chi connectivity index (χ2n) is 4.82. The normalized spacial score (nSPS) is 11.4. The van der Waals surface area contributed by atoms with Crippen LogP contribution in [0.3, 0.4) is 0 Å². The van der Waals surface area contributed by atoms with Crippen molar-refractivity contribution < 1.29 is 9.21 Å². The summed E-state index contributed by atoms with van der Waals surface area (Å²) in [5.74, 6) is 0.0889. The fourth-order valence-electron chi connectivity index (χ4n) is 1.24. The lowest BCUT2D eigenvalue weighted by atomic mass is 9.92. The number of carbonyl (C=O) groups excluding carboxylic acids is 1. The van der Waals surface area contributed by atoms with E-state index in [9.17, 15) is 4.79 Å². The zero-order chi connectivity index (χ0) is 11.3. The van der Waals surface area contributed by atoms with E-state index in [2.05, 4.69) is 10.3 Å². The molecule has 1 aromatic heterocycles. The smallest absolute Gasteiger partial charge is 0.220 e. The number of carbonyl (C=O) groups is 1. The van der Waals surface area contributed by atoms with E-state index in [0.29, 0.717) is 19.4 Å². The molecule has 0 aliphatic heterocycles. The highest BCUT2D eigenvalue weighted by Gasteiger charge is 2.15. The maximum absolute atomic E-state index is 11.4. The van der Waals surface area contributed by atoms with Crippen molar-refractivity contribution in [2.75, 3.05) is 6.54 Å². The van der Waals surface area contributed by atoms with Gasteiger partial charge < -0.3 is 9.73 Å². The fraction of sp³-hybridized carbons (Fsp3) is 0.636. The molecule has 1 amide bonds. The summed E-state index contributed by atoms with van der Waals surface area (Å²) in [7, 11) is 0. The minimum absolute atomic E-state index is 0.0397. The molecule has 4 nitrogen and oxygen atoms in total. The van der Waals surface area contributed by atoms with Crippen molar-refractivity contribution in [3.8, 4) is 0 Å². The van der Waals surface area contributed by atoms with Crippen molar-refractivity contribution in [3.63, 3.8) is 0 Å². The van der Waals surface area contributed by atoms with Crippen molar-refractivity contribution in [2.24, 2.45) is 5.41 Å². The predicted octanol–water partition coefficient (Wildman–Crippen LogP) is 1.77. The minimum Gasteiger partial charge on any atom is -0.451 e. The molecule has 1 heterocycles. The first-order valence-corrected chi connectivity index (χ1v) is 5.11. The van der Waals surface area contributed by atoms with E-state index in [1.807, 2.05) is 20.8 Å². The van der Waals surface area contributed by atoms with Crippen LogP contribution in [0, 0.1) is 5.41 Å². The van der Waals surface area contributed by atoms with Gasteiger partial charge in [-0.25, -0.2) is 4.98 Å². The van der Waals surface area contributed by atoms with E-state index in [-0.39, 0.29) is 11.3 Å². The van der Waals surface area contributed by atoms with Gasteiger partial charge in [0.15, 0.2) is 6.39 Å². The van der Waals surface area contributed by atoms with Gasteiger partial charge in [-0.05, 0) is 5.41 Å². The topological polar surface area (TPSA) is 55.1 Å². The standard InChI is InChI=1S/C11H18N2O2/c1-11(2,3)6-10(14)12-5-4-9-7-15-8-13-9/h7-8H,4-6H2,1-3H3,(H,12,14). The molecule has 1 N–H and O–H groups in total. The lowest BCUT2D eigenvalue weighted by Gasteiger charge is -2.16. The Bertz CT molecular complexity index is 299. The molecule has 0 aromatic carbocycles. The number of nitrogens with one attached hydrogen (secondary N) is 1. The molecule has 0 aliphatic carbocycles. The first-order chi connectivity index (χ1) is 6.97. The van der Waals surface area contributed by atoms with Crippen LogP contribution in [0.1, 0.15) is 32.9 Å². The number of oxazole rings is 1. The van der Waals surface area contributed by atoms with E-state index in [0.717, 1.165) is 5.69 Å². The van der Waals surface area contributed by atoms with Crippen molar-refractivity contribution in [1.29, 1.82) is 0 Å². The molecule has 0 spiro atoms. The Balaban J connectivity index is 2.18. The molecule has 0 fully saturated rings. The zero-order valence-electron chi connectivity index (χ0n) is 9.54. The van der Waals surface area contributed by atoms with Crippen molar-refractivity contribution in [1.82, 2.24) is 10.3 Å². The average Bonchev–Trinajstić information content (AvgIpc) is 2.53. The largest absolute Gasteiger partial charge is 0.451 e. The van der Waals surface area contributed by atoms with Crippen LogP contribution >= 0.6 is 0 Å². The molecule has 84 valence electrons. The molecule has 0 bridgehead atoms. The Kier molecular flexibility index (Phi) is 3.88. The van der Waals surface area contributed by atoms with Gasteiger partial charge in [0, 0.05) is 19.4 Å². The Labute approximate surface area is 90.1 Å². The van der Waals surface area contributed by atoms with Gasteiger partial charge in [0.05, 0.1) is 5.69 Å². The summed E-state index contributed by atoms with van der Waals surface area (Å²) >= 11 is 0. The Morgan fingerprint density at radius 3 is 2.80 bits per heavy atom. The molecule has 0 saturated heterocycles. The van der Waals surface area contributed by atoms with Crippen LogP contribution in [-0.2, 0) is 11.2 Å². The number of nitrogens with zero attached hydrogens (tertiary/aromatic N) is 1. The molecule has 0 saturated carbocycles. The Morgan fingerprint density at radius 1 is 1.53 bits per heavy atom. The van der Waals surface area contributed by atoms with Crippen LogP contribution in [-0.4, -0.2) is 17.4 Å². The summed E-state index contributed by atoms with van der Waals surface area (Å²) in [6.45, 7) is 6.75. The third kappa shape index (κ3) is 5.20. The summed E-state index contributed by atoms with van der Waals surface area (Å²) in [6, 6.07) is 0. The molecule has 0 radical (unpaired) electrons. The van der Waals surface area contributed by atoms with Crippen molar-refractivity contribution >= 4 is 5.91 Å². The highest BCUT2D eigenvalue weighted by atomic mass is 16.3. The van der Waals surface area contributed by atoms with Crippen molar-refractivity contribution in [3.05, 3.63) is 18.4 Å². The van der Waals surface area contributed by atoms with Gasteiger partial charge in [0.1, 0.15) is 6.26 Å². The summed E-state index contributed by atoms with van der Waals surface area (Å²) in [6.07, 6.45) is 4.25. The number of rotatable bonds is 4. The number of amides is 1. The predicted molar refractivity (Wildman–Crippen MR) is 57.3 cm³/mol.